The summed E-state index contributed by atoms with van der Waals surface area (Å²) in [5, 5.41) is 37.2. The Morgan fingerprint density at radius 3 is 2.26 bits per heavy atom. The van der Waals surface area contributed by atoms with E-state index in [4.69, 9.17) is 0 Å². The third kappa shape index (κ3) is 4.61. The second kappa shape index (κ2) is 9.26. The Morgan fingerprint density at radius 2 is 1.62 bits per heavy atom. The number of para-hydroxylation sites is 1. The van der Waals surface area contributed by atoms with Crippen LogP contribution >= 0.6 is 0 Å². The van der Waals surface area contributed by atoms with Gasteiger partial charge in [-0.05, 0) is 35.9 Å². The molecular formula is C22H16N6O6. The van der Waals surface area contributed by atoms with E-state index in [0.717, 1.165) is 0 Å². The Morgan fingerprint density at radius 1 is 0.971 bits per heavy atom. The summed E-state index contributed by atoms with van der Waals surface area (Å²) in [6.07, 6.45) is -1.47. The molecular weight excluding hydrogens is 444 g/mol. The highest BCUT2D eigenvalue weighted by Gasteiger charge is 2.24. The van der Waals surface area contributed by atoms with Gasteiger partial charge in [-0.2, -0.15) is 5.10 Å². The molecule has 12 nitrogen and oxygen atoms in total. The van der Waals surface area contributed by atoms with E-state index in [9.17, 15) is 30.1 Å². The van der Waals surface area contributed by atoms with Crippen LogP contribution in [0.1, 0.15) is 17.4 Å². The Hall–Kier alpha value is -4.97. The Balaban J connectivity index is 1.81. The first-order chi connectivity index (χ1) is 16.3. The SMILES string of the molecule is O=c1[nH]c2cc([N+](=O)[O-])ccc2nc1C(=NNc1ccccc1)C(O)c1ccc([N+](=O)[O-])cc1. The van der Waals surface area contributed by atoms with Crippen LogP contribution in [0, 0.1) is 20.2 Å². The first-order valence-corrected chi connectivity index (χ1v) is 9.83. The highest BCUT2D eigenvalue weighted by Crippen LogP contribution is 2.23. The molecule has 0 aliphatic rings. The topological polar surface area (TPSA) is 177 Å². The van der Waals surface area contributed by atoms with Gasteiger partial charge in [0.2, 0.25) is 0 Å². The number of aliphatic hydroxyl groups is 1. The molecule has 3 N–H and O–H groups in total. The molecule has 34 heavy (non-hydrogen) atoms. The third-order valence-electron chi connectivity index (χ3n) is 4.89. The van der Waals surface area contributed by atoms with Gasteiger partial charge in [-0.15, -0.1) is 0 Å². The molecule has 0 aliphatic carbocycles. The number of non-ortho nitro benzene ring substituents is 2. The van der Waals surface area contributed by atoms with Crippen LogP contribution in [0.2, 0.25) is 0 Å². The molecule has 12 heteroatoms. The van der Waals surface area contributed by atoms with E-state index < -0.39 is 21.5 Å². The molecule has 1 aromatic heterocycles. The first-order valence-electron chi connectivity index (χ1n) is 9.83. The summed E-state index contributed by atoms with van der Waals surface area (Å²) in [5.41, 5.74) is 2.46. The van der Waals surface area contributed by atoms with Gasteiger partial charge >= 0.3 is 0 Å². The molecule has 0 spiro atoms. The molecule has 0 fully saturated rings. The quantitative estimate of drug-likeness (QED) is 0.214. The molecule has 3 aromatic carbocycles. The number of nitro groups is 2. The summed E-state index contributed by atoms with van der Waals surface area (Å²) < 4.78 is 0. The minimum Gasteiger partial charge on any atom is -0.382 e. The molecule has 1 atom stereocenters. The number of nitrogens with zero attached hydrogens (tertiary/aromatic N) is 4. The van der Waals surface area contributed by atoms with Crippen molar-refractivity contribution in [2.24, 2.45) is 5.10 Å². The number of aromatic amines is 1. The van der Waals surface area contributed by atoms with Crippen LogP contribution in [0.5, 0.6) is 0 Å². The average molecular weight is 460 g/mol. The minimum absolute atomic E-state index is 0.142. The zero-order valence-electron chi connectivity index (χ0n) is 17.3. The number of anilines is 1. The average Bonchev–Trinajstić information content (AvgIpc) is 2.84. The van der Waals surface area contributed by atoms with Crippen molar-refractivity contribution in [2.45, 2.75) is 6.10 Å². The van der Waals surface area contributed by atoms with Crippen LogP contribution in [0.15, 0.2) is 82.7 Å². The summed E-state index contributed by atoms with van der Waals surface area (Å²) in [7, 11) is 0. The number of rotatable bonds is 7. The van der Waals surface area contributed by atoms with Gasteiger partial charge in [-0.1, -0.05) is 18.2 Å². The second-order valence-electron chi connectivity index (χ2n) is 7.10. The van der Waals surface area contributed by atoms with E-state index in [1.54, 1.807) is 30.3 Å². The van der Waals surface area contributed by atoms with Crippen molar-refractivity contribution in [1.82, 2.24) is 9.97 Å². The molecule has 1 unspecified atom stereocenters. The molecule has 0 aliphatic heterocycles. The van der Waals surface area contributed by atoms with Crippen molar-refractivity contribution in [3.8, 4) is 0 Å². The van der Waals surface area contributed by atoms with Crippen LogP contribution in [-0.4, -0.2) is 30.6 Å². The predicted octanol–water partition coefficient (Wildman–Crippen LogP) is 3.29. The lowest BCUT2D eigenvalue weighted by atomic mass is 10.0. The molecule has 0 saturated heterocycles. The largest absolute Gasteiger partial charge is 0.382 e. The van der Waals surface area contributed by atoms with E-state index in [-0.39, 0.29) is 39.4 Å². The van der Waals surface area contributed by atoms with E-state index in [1.165, 1.54) is 42.5 Å². The number of hydrogen-bond acceptors (Lipinski definition) is 9. The number of hydrogen-bond donors (Lipinski definition) is 3. The number of nitro benzene ring substituents is 2. The summed E-state index contributed by atoms with van der Waals surface area (Å²) in [5.74, 6) is 0. The van der Waals surface area contributed by atoms with Gasteiger partial charge in [-0.25, -0.2) is 4.98 Å². The number of nitrogens with one attached hydrogen (secondary N) is 2. The zero-order valence-corrected chi connectivity index (χ0v) is 17.3. The maximum atomic E-state index is 12.8. The zero-order chi connectivity index (χ0) is 24.2. The second-order valence-corrected chi connectivity index (χ2v) is 7.10. The van der Waals surface area contributed by atoms with Crippen molar-refractivity contribution < 1.29 is 15.0 Å². The monoisotopic (exact) mass is 460 g/mol. The highest BCUT2D eigenvalue weighted by atomic mass is 16.6. The Bertz CT molecular complexity index is 1470. The molecule has 0 saturated carbocycles. The standard InChI is InChI=1S/C22H16N6O6/c29-21(13-6-8-15(9-7-13)27(31)32)19(26-25-14-4-2-1-3-5-14)20-22(30)24-18-12-16(28(33)34)10-11-17(18)23-20/h1-12,21,25,29H,(H,24,30). The normalized spacial score (nSPS) is 12.3. The van der Waals surface area contributed by atoms with Crippen molar-refractivity contribution in [1.29, 1.82) is 0 Å². The maximum absolute atomic E-state index is 12.8. The van der Waals surface area contributed by atoms with Gasteiger partial charge in [-0.3, -0.25) is 30.4 Å². The Labute approximate surface area is 190 Å². The lowest BCUT2D eigenvalue weighted by Crippen LogP contribution is -2.26. The molecule has 170 valence electrons. The summed E-state index contributed by atoms with van der Waals surface area (Å²) in [4.78, 5) is 40.5. The van der Waals surface area contributed by atoms with Gasteiger partial charge in [0.1, 0.15) is 11.8 Å². The van der Waals surface area contributed by atoms with Gasteiger partial charge in [0.05, 0.1) is 26.6 Å². The molecule has 0 bridgehead atoms. The van der Waals surface area contributed by atoms with Crippen LogP contribution in [0.4, 0.5) is 17.1 Å². The van der Waals surface area contributed by atoms with Gasteiger partial charge in [0, 0.05) is 24.3 Å². The first kappa shape index (κ1) is 22.2. The molecule has 0 amide bonds. The molecule has 1 heterocycles. The predicted molar refractivity (Wildman–Crippen MR) is 124 cm³/mol. The number of benzene rings is 3. The minimum atomic E-state index is -1.47. The number of aliphatic hydroxyl groups excluding tert-OH is 1. The van der Waals surface area contributed by atoms with Gasteiger partial charge in [0.15, 0.2) is 5.69 Å². The van der Waals surface area contributed by atoms with Crippen LogP contribution in [0.3, 0.4) is 0 Å². The van der Waals surface area contributed by atoms with Crippen LogP contribution in [0.25, 0.3) is 11.0 Å². The van der Waals surface area contributed by atoms with Crippen molar-refractivity contribution in [2.75, 3.05) is 5.43 Å². The molecule has 4 aromatic rings. The fourth-order valence-corrected chi connectivity index (χ4v) is 3.18. The van der Waals surface area contributed by atoms with Gasteiger partial charge in [0.25, 0.3) is 16.9 Å². The number of hydrazone groups is 1. The van der Waals surface area contributed by atoms with Crippen LogP contribution < -0.4 is 11.0 Å². The van der Waals surface area contributed by atoms with E-state index >= 15 is 0 Å². The smallest absolute Gasteiger partial charge is 0.276 e. The fourth-order valence-electron chi connectivity index (χ4n) is 3.18. The van der Waals surface area contributed by atoms with Crippen molar-refractivity contribution in [3.05, 3.63) is 115 Å². The Kier molecular flexibility index (Phi) is 6.05. The fraction of sp³-hybridized carbons (Fsp3) is 0.0455. The maximum Gasteiger partial charge on any atom is 0.276 e. The molecule has 0 radical (unpaired) electrons. The highest BCUT2D eigenvalue weighted by molar-refractivity contribution is 6.03. The number of aromatic nitrogens is 2. The third-order valence-corrected chi connectivity index (χ3v) is 4.89. The summed E-state index contributed by atoms with van der Waals surface area (Å²) >= 11 is 0. The lowest BCUT2D eigenvalue weighted by molar-refractivity contribution is -0.385. The summed E-state index contributed by atoms with van der Waals surface area (Å²) in [6, 6.07) is 17.7. The summed E-state index contributed by atoms with van der Waals surface area (Å²) in [6.45, 7) is 0. The van der Waals surface area contributed by atoms with E-state index in [1.807, 2.05) is 0 Å². The van der Waals surface area contributed by atoms with Crippen molar-refractivity contribution in [3.63, 3.8) is 0 Å². The van der Waals surface area contributed by atoms with Crippen molar-refractivity contribution >= 4 is 33.8 Å². The van der Waals surface area contributed by atoms with E-state index in [0.29, 0.717) is 5.69 Å². The van der Waals surface area contributed by atoms with Crippen LogP contribution in [-0.2, 0) is 0 Å². The van der Waals surface area contributed by atoms with Gasteiger partial charge < -0.3 is 10.1 Å². The number of fused-ring (bicyclic) bond motifs is 1. The number of H-pyrrole nitrogens is 1. The molecule has 4 rings (SSSR count). The lowest BCUT2D eigenvalue weighted by Gasteiger charge is -2.14. The van der Waals surface area contributed by atoms with E-state index in [2.05, 4.69) is 20.5 Å².